The molecule has 0 aliphatic rings. The predicted molar refractivity (Wildman–Crippen MR) is 36.9 cm³/mol. The molecule has 0 atom stereocenters. The highest BCUT2D eigenvalue weighted by Gasteiger charge is 2.40. The Morgan fingerprint density at radius 2 is 1.92 bits per heavy atom. The molecule has 0 fully saturated rings. The van der Waals surface area contributed by atoms with E-state index in [1.807, 2.05) is 0 Å². The van der Waals surface area contributed by atoms with Crippen molar-refractivity contribution in [1.29, 1.82) is 0 Å². The largest absolute Gasteiger partial charge is 0.490 e. The van der Waals surface area contributed by atoms with E-state index < -0.39 is 12.1 Å². The number of esters is 1. The van der Waals surface area contributed by atoms with Crippen molar-refractivity contribution in [2.45, 2.75) is 25.9 Å². The van der Waals surface area contributed by atoms with E-state index >= 15 is 0 Å². The first kappa shape index (κ1) is 13.8. The molecule has 0 rings (SSSR count). The number of hydrogen-bond acceptors (Lipinski definition) is 3. The SMILES string of the molecule is CCCCOC(=O)C(F)(F)F.N. The first-order valence-electron chi connectivity index (χ1n) is 3.22. The van der Waals surface area contributed by atoms with Crippen LogP contribution in [0.3, 0.4) is 0 Å². The minimum Gasteiger partial charge on any atom is -0.459 e. The smallest absolute Gasteiger partial charge is 0.459 e. The van der Waals surface area contributed by atoms with Crippen LogP contribution >= 0.6 is 0 Å². The van der Waals surface area contributed by atoms with Crippen LogP contribution in [0.2, 0.25) is 0 Å². The van der Waals surface area contributed by atoms with Gasteiger partial charge in [0.25, 0.3) is 0 Å². The summed E-state index contributed by atoms with van der Waals surface area (Å²) >= 11 is 0. The highest BCUT2D eigenvalue weighted by molar-refractivity contribution is 5.75. The molecule has 74 valence electrons. The van der Waals surface area contributed by atoms with E-state index in [9.17, 15) is 18.0 Å². The van der Waals surface area contributed by atoms with Crippen molar-refractivity contribution in [3.8, 4) is 0 Å². The summed E-state index contributed by atoms with van der Waals surface area (Å²) in [6.45, 7) is 1.64. The monoisotopic (exact) mass is 187 g/mol. The Bertz CT molecular complexity index is 135. The fraction of sp³-hybridized carbons (Fsp3) is 0.833. The number of unbranched alkanes of at least 4 members (excludes halogenated alkanes) is 1. The molecule has 0 aromatic carbocycles. The summed E-state index contributed by atoms with van der Waals surface area (Å²) in [6.07, 6.45) is -3.69. The average Bonchev–Trinajstić information content (AvgIpc) is 1.86. The molecule has 0 amide bonds. The predicted octanol–water partition coefficient (Wildman–Crippen LogP) is 2.05. The zero-order valence-corrected chi connectivity index (χ0v) is 6.78. The molecule has 6 heteroatoms. The normalized spacial score (nSPS) is 10.3. The third-order valence-electron chi connectivity index (χ3n) is 0.963. The van der Waals surface area contributed by atoms with Crippen LogP contribution in [0.15, 0.2) is 0 Å². The van der Waals surface area contributed by atoms with Gasteiger partial charge in [-0.3, -0.25) is 0 Å². The van der Waals surface area contributed by atoms with Crippen molar-refractivity contribution < 1.29 is 22.7 Å². The molecule has 12 heavy (non-hydrogen) atoms. The Morgan fingerprint density at radius 3 is 2.25 bits per heavy atom. The van der Waals surface area contributed by atoms with Crippen molar-refractivity contribution in [1.82, 2.24) is 6.15 Å². The lowest BCUT2D eigenvalue weighted by molar-refractivity contribution is -0.199. The molecule has 3 nitrogen and oxygen atoms in total. The highest BCUT2D eigenvalue weighted by atomic mass is 19.4. The van der Waals surface area contributed by atoms with Crippen molar-refractivity contribution >= 4 is 5.97 Å². The van der Waals surface area contributed by atoms with E-state index in [-0.39, 0.29) is 12.8 Å². The summed E-state index contributed by atoms with van der Waals surface area (Å²) < 4.78 is 38.1. The van der Waals surface area contributed by atoms with Gasteiger partial charge in [-0.25, -0.2) is 4.79 Å². The molecule has 3 N–H and O–H groups in total. The fourth-order valence-electron chi connectivity index (χ4n) is 0.391. The molecule has 0 spiro atoms. The molecule has 0 heterocycles. The molecule has 0 aromatic heterocycles. The maximum absolute atomic E-state index is 11.4. The van der Waals surface area contributed by atoms with Crippen molar-refractivity contribution in [3.63, 3.8) is 0 Å². The second kappa shape index (κ2) is 5.82. The van der Waals surface area contributed by atoms with Gasteiger partial charge in [-0.05, 0) is 6.42 Å². The summed E-state index contributed by atoms with van der Waals surface area (Å²) in [5, 5.41) is 0. The Hall–Kier alpha value is -0.780. The fourth-order valence-corrected chi connectivity index (χ4v) is 0.391. The maximum atomic E-state index is 11.4. The lowest BCUT2D eigenvalue weighted by Crippen LogP contribution is -2.25. The standard InChI is InChI=1S/C6H9F3O2.H3N/c1-2-3-4-11-5(10)6(7,8)9;/h2-4H2,1H3;1H3. The first-order chi connectivity index (χ1) is 4.98. The van der Waals surface area contributed by atoms with Crippen molar-refractivity contribution in [2.24, 2.45) is 0 Å². The second-order valence-corrected chi connectivity index (χ2v) is 1.99. The molecule has 0 saturated heterocycles. The van der Waals surface area contributed by atoms with Gasteiger partial charge in [0.15, 0.2) is 0 Å². The maximum Gasteiger partial charge on any atom is 0.490 e. The van der Waals surface area contributed by atoms with Gasteiger partial charge in [-0.15, -0.1) is 0 Å². The molecule has 0 aliphatic heterocycles. The van der Waals surface area contributed by atoms with E-state index in [1.165, 1.54) is 0 Å². The molecular formula is C6H12F3NO2. The summed E-state index contributed by atoms with van der Waals surface area (Å²) in [5.74, 6) is -2.11. The van der Waals surface area contributed by atoms with Crippen LogP contribution in [-0.4, -0.2) is 18.8 Å². The van der Waals surface area contributed by atoms with Crippen LogP contribution in [0.1, 0.15) is 19.8 Å². The van der Waals surface area contributed by atoms with Gasteiger partial charge in [0.1, 0.15) is 0 Å². The van der Waals surface area contributed by atoms with Gasteiger partial charge in [0.2, 0.25) is 0 Å². The molecule has 0 aliphatic carbocycles. The van der Waals surface area contributed by atoms with Gasteiger partial charge < -0.3 is 10.9 Å². The lowest BCUT2D eigenvalue weighted by atomic mass is 10.4. The zero-order chi connectivity index (χ0) is 8.91. The molecule has 0 radical (unpaired) electrons. The number of hydrogen-bond donors (Lipinski definition) is 1. The summed E-state index contributed by atoms with van der Waals surface area (Å²) in [4.78, 5) is 9.99. The molecule has 0 aromatic rings. The van der Waals surface area contributed by atoms with Crippen LogP contribution in [0, 0.1) is 0 Å². The molecule has 0 unspecified atom stereocenters. The summed E-state index contributed by atoms with van der Waals surface area (Å²) in [7, 11) is 0. The van der Waals surface area contributed by atoms with E-state index in [2.05, 4.69) is 4.74 Å². The van der Waals surface area contributed by atoms with Gasteiger partial charge in [0.05, 0.1) is 6.61 Å². The number of alkyl halides is 3. The van der Waals surface area contributed by atoms with Crippen molar-refractivity contribution in [2.75, 3.05) is 6.61 Å². The van der Waals surface area contributed by atoms with Gasteiger partial charge in [0, 0.05) is 0 Å². The number of halogens is 3. The summed E-state index contributed by atoms with van der Waals surface area (Å²) in [5.41, 5.74) is 0. The third-order valence-corrected chi connectivity index (χ3v) is 0.963. The first-order valence-corrected chi connectivity index (χ1v) is 3.22. The Labute approximate surface area is 68.5 Å². The quantitative estimate of drug-likeness (QED) is 0.543. The number of carbonyl (C=O) groups excluding carboxylic acids is 1. The van der Waals surface area contributed by atoms with Gasteiger partial charge >= 0.3 is 12.1 Å². The number of carbonyl (C=O) groups is 1. The van der Waals surface area contributed by atoms with E-state index in [4.69, 9.17) is 0 Å². The van der Waals surface area contributed by atoms with E-state index in [1.54, 1.807) is 6.92 Å². The lowest BCUT2D eigenvalue weighted by Gasteiger charge is -2.05. The summed E-state index contributed by atoms with van der Waals surface area (Å²) in [6, 6.07) is 0. The van der Waals surface area contributed by atoms with E-state index in [0.717, 1.165) is 0 Å². The van der Waals surface area contributed by atoms with E-state index in [0.29, 0.717) is 12.8 Å². The Balaban J connectivity index is 0. The van der Waals surface area contributed by atoms with Crippen LogP contribution in [0.4, 0.5) is 13.2 Å². The minimum absolute atomic E-state index is 0. The highest BCUT2D eigenvalue weighted by Crippen LogP contribution is 2.16. The van der Waals surface area contributed by atoms with Gasteiger partial charge in [-0.2, -0.15) is 13.2 Å². The van der Waals surface area contributed by atoms with Crippen LogP contribution < -0.4 is 6.15 Å². The average molecular weight is 187 g/mol. The minimum atomic E-state index is -4.85. The van der Waals surface area contributed by atoms with Crippen molar-refractivity contribution in [3.05, 3.63) is 0 Å². The van der Waals surface area contributed by atoms with Crippen LogP contribution in [-0.2, 0) is 9.53 Å². The van der Waals surface area contributed by atoms with Gasteiger partial charge in [-0.1, -0.05) is 13.3 Å². The molecule has 0 saturated carbocycles. The number of ether oxygens (including phenoxy) is 1. The second-order valence-electron chi connectivity index (χ2n) is 1.99. The molecule has 0 bridgehead atoms. The Morgan fingerprint density at radius 1 is 1.42 bits per heavy atom. The topological polar surface area (TPSA) is 61.3 Å². The van der Waals surface area contributed by atoms with Crippen LogP contribution in [0.25, 0.3) is 0 Å². The number of rotatable bonds is 3. The molecular weight excluding hydrogens is 175 g/mol. The zero-order valence-electron chi connectivity index (χ0n) is 6.78. The third kappa shape index (κ3) is 5.96. The Kier molecular flexibility index (Phi) is 6.68. The van der Waals surface area contributed by atoms with Crippen LogP contribution in [0.5, 0.6) is 0 Å².